The lowest BCUT2D eigenvalue weighted by Gasteiger charge is -2.35. The highest BCUT2D eigenvalue weighted by Gasteiger charge is 2.50. The number of carboxylic acid groups (broad SMARTS) is 1. The van der Waals surface area contributed by atoms with Gasteiger partial charge in [-0.15, -0.1) is 0 Å². The third-order valence-electron chi connectivity index (χ3n) is 5.96. The number of alkyl halides is 3. The van der Waals surface area contributed by atoms with Crippen molar-refractivity contribution in [2.24, 2.45) is 10.7 Å². The summed E-state index contributed by atoms with van der Waals surface area (Å²) in [5.74, 6) is -3.75. The van der Waals surface area contributed by atoms with Crippen LogP contribution in [0.15, 0.2) is 66.0 Å². The molecule has 0 saturated heterocycles. The van der Waals surface area contributed by atoms with Crippen molar-refractivity contribution in [3.63, 3.8) is 0 Å². The number of ether oxygens (including phenoxy) is 1. The van der Waals surface area contributed by atoms with E-state index < -0.39 is 29.6 Å². The summed E-state index contributed by atoms with van der Waals surface area (Å²) in [5, 5.41) is 7.06. The number of aliphatic imine (C=N–C) groups is 1. The molecular formula is C25H13ClF5N5O3. The molecule has 1 spiro atoms. The van der Waals surface area contributed by atoms with Crippen LogP contribution in [-0.4, -0.2) is 38.0 Å². The van der Waals surface area contributed by atoms with Gasteiger partial charge in [-0.3, -0.25) is 4.98 Å². The molecule has 6 rings (SSSR count). The summed E-state index contributed by atoms with van der Waals surface area (Å²) in [6.07, 6.45) is -0.482. The number of aliphatic carboxylic acids is 1. The number of hydrogen-bond donors (Lipinski definition) is 2. The number of rotatable bonds is 1. The van der Waals surface area contributed by atoms with Crippen LogP contribution in [0.25, 0.3) is 11.1 Å². The molecule has 198 valence electrons. The highest BCUT2D eigenvalue weighted by Crippen LogP contribution is 2.56. The molecule has 0 bridgehead atoms. The fraction of sp³-hybridized carbons (Fsp3) is 0.0800. The van der Waals surface area contributed by atoms with Crippen LogP contribution >= 0.6 is 11.6 Å². The van der Waals surface area contributed by atoms with Crippen molar-refractivity contribution in [3.05, 3.63) is 100 Å². The minimum absolute atomic E-state index is 0.0618. The maximum absolute atomic E-state index is 14.9. The highest BCUT2D eigenvalue weighted by molar-refractivity contribution is 6.29. The van der Waals surface area contributed by atoms with Gasteiger partial charge in [0.05, 0.1) is 0 Å². The summed E-state index contributed by atoms with van der Waals surface area (Å²) in [6, 6.07) is 11.5. The van der Waals surface area contributed by atoms with E-state index in [9.17, 15) is 22.0 Å². The lowest BCUT2D eigenvalue weighted by molar-refractivity contribution is -0.192. The van der Waals surface area contributed by atoms with Gasteiger partial charge in [0.25, 0.3) is 5.95 Å². The quantitative estimate of drug-likeness (QED) is 0.241. The molecule has 1 unspecified atom stereocenters. The van der Waals surface area contributed by atoms with E-state index in [2.05, 4.69) is 15.0 Å². The summed E-state index contributed by atoms with van der Waals surface area (Å²) in [7, 11) is 0. The highest BCUT2D eigenvalue weighted by atomic mass is 35.5. The second kappa shape index (κ2) is 9.27. The fourth-order valence-corrected chi connectivity index (χ4v) is 4.57. The first-order valence-corrected chi connectivity index (χ1v) is 11.2. The Morgan fingerprint density at radius 1 is 1.00 bits per heavy atom. The Hall–Kier alpha value is -4.65. The minimum atomic E-state index is -5.08. The Balaban J connectivity index is 0.000000392. The molecule has 5 heterocycles. The van der Waals surface area contributed by atoms with Crippen LogP contribution in [0.1, 0.15) is 22.3 Å². The van der Waals surface area contributed by atoms with Crippen molar-refractivity contribution in [1.82, 2.24) is 15.0 Å². The summed E-state index contributed by atoms with van der Waals surface area (Å²) < 4.78 is 66.9. The van der Waals surface area contributed by atoms with Gasteiger partial charge in [0.1, 0.15) is 22.3 Å². The third kappa shape index (κ3) is 4.30. The van der Waals surface area contributed by atoms with E-state index >= 15 is 0 Å². The van der Waals surface area contributed by atoms with Gasteiger partial charge in [0, 0.05) is 46.4 Å². The number of pyridine rings is 3. The number of hydrogen-bond acceptors (Lipinski definition) is 7. The molecule has 0 aliphatic carbocycles. The van der Waals surface area contributed by atoms with Gasteiger partial charge in [-0.25, -0.2) is 19.8 Å². The van der Waals surface area contributed by atoms with Crippen LogP contribution in [0.2, 0.25) is 5.15 Å². The number of aromatic nitrogens is 3. The zero-order valence-corrected chi connectivity index (χ0v) is 19.9. The van der Waals surface area contributed by atoms with Gasteiger partial charge in [0.15, 0.2) is 5.75 Å². The van der Waals surface area contributed by atoms with E-state index in [1.807, 2.05) is 0 Å². The van der Waals surface area contributed by atoms with E-state index in [1.54, 1.807) is 48.8 Å². The van der Waals surface area contributed by atoms with E-state index in [4.69, 9.17) is 37.0 Å². The summed E-state index contributed by atoms with van der Waals surface area (Å²) in [5.41, 5.74) is 8.01. The molecule has 0 amide bonds. The zero-order valence-electron chi connectivity index (χ0n) is 19.2. The van der Waals surface area contributed by atoms with Crippen molar-refractivity contribution in [2.75, 3.05) is 0 Å². The fourth-order valence-electron chi connectivity index (χ4n) is 4.38. The molecule has 2 aliphatic rings. The molecule has 4 aromatic rings. The molecule has 3 N–H and O–H groups in total. The van der Waals surface area contributed by atoms with Crippen LogP contribution in [0, 0.1) is 11.9 Å². The molecule has 1 atom stereocenters. The number of carboxylic acids is 1. The summed E-state index contributed by atoms with van der Waals surface area (Å²) in [4.78, 5) is 25.3. The number of nitrogens with zero attached hydrogens (tertiary/aromatic N) is 4. The Morgan fingerprint density at radius 3 is 2.44 bits per heavy atom. The standard InChI is InChI=1S/C23H12ClF2N5O.C2HF3O2/c24-18-9-15-19(21(26)30-18)32-17-4-3-11(12-2-1-6-29-20(12)25)8-14(17)23(15)16-10-28-7-5-13(16)22(27)31-23;3-2(4,5)1(6)7/h1-10H,(H2,27,31);(H,6,7). The van der Waals surface area contributed by atoms with Gasteiger partial charge in [-0.2, -0.15) is 22.0 Å². The molecule has 39 heavy (non-hydrogen) atoms. The van der Waals surface area contributed by atoms with Crippen LogP contribution in [0.4, 0.5) is 22.0 Å². The topological polar surface area (TPSA) is 124 Å². The average Bonchev–Trinajstić information content (AvgIpc) is 3.18. The van der Waals surface area contributed by atoms with Crippen molar-refractivity contribution in [1.29, 1.82) is 0 Å². The molecule has 3 aromatic heterocycles. The van der Waals surface area contributed by atoms with Crippen LogP contribution in [-0.2, 0) is 10.3 Å². The normalized spacial score (nSPS) is 16.7. The van der Waals surface area contributed by atoms with E-state index in [0.29, 0.717) is 39.1 Å². The number of fused-ring (bicyclic) bond motifs is 6. The molecule has 0 fully saturated rings. The molecule has 14 heteroatoms. The largest absolute Gasteiger partial charge is 0.490 e. The molecule has 8 nitrogen and oxygen atoms in total. The summed E-state index contributed by atoms with van der Waals surface area (Å²) in [6.45, 7) is 0. The summed E-state index contributed by atoms with van der Waals surface area (Å²) >= 11 is 6.12. The number of carbonyl (C=O) groups is 1. The van der Waals surface area contributed by atoms with Crippen LogP contribution in [0.5, 0.6) is 11.5 Å². The minimum Gasteiger partial charge on any atom is -0.475 e. The van der Waals surface area contributed by atoms with Crippen molar-refractivity contribution < 1.29 is 36.6 Å². The monoisotopic (exact) mass is 561 g/mol. The van der Waals surface area contributed by atoms with Crippen molar-refractivity contribution in [2.45, 2.75) is 11.7 Å². The first-order chi connectivity index (χ1) is 18.4. The lowest BCUT2D eigenvalue weighted by atomic mass is 9.75. The number of amidine groups is 1. The lowest BCUT2D eigenvalue weighted by Crippen LogP contribution is -2.30. The van der Waals surface area contributed by atoms with Gasteiger partial charge < -0.3 is 15.6 Å². The maximum atomic E-state index is 14.9. The molecule has 2 aliphatic heterocycles. The van der Waals surface area contributed by atoms with E-state index in [1.165, 1.54) is 12.3 Å². The molecule has 0 radical (unpaired) electrons. The predicted molar refractivity (Wildman–Crippen MR) is 127 cm³/mol. The number of benzene rings is 1. The zero-order chi connectivity index (χ0) is 28.1. The smallest absolute Gasteiger partial charge is 0.475 e. The van der Waals surface area contributed by atoms with Gasteiger partial charge in [0.2, 0.25) is 5.95 Å². The molecular weight excluding hydrogens is 549 g/mol. The van der Waals surface area contributed by atoms with E-state index in [-0.39, 0.29) is 16.7 Å². The second-order valence-corrected chi connectivity index (χ2v) is 8.59. The van der Waals surface area contributed by atoms with E-state index in [0.717, 1.165) is 0 Å². The van der Waals surface area contributed by atoms with Crippen molar-refractivity contribution in [3.8, 4) is 22.6 Å². The first kappa shape index (κ1) is 26.0. The first-order valence-electron chi connectivity index (χ1n) is 10.8. The van der Waals surface area contributed by atoms with Gasteiger partial charge in [-0.05, 0) is 42.0 Å². The Bertz CT molecular complexity index is 1680. The number of nitrogens with two attached hydrogens (primary N) is 1. The Morgan fingerprint density at radius 2 is 1.74 bits per heavy atom. The van der Waals surface area contributed by atoms with Gasteiger partial charge in [-0.1, -0.05) is 17.7 Å². The average molecular weight is 562 g/mol. The Labute approximate surface area is 220 Å². The second-order valence-electron chi connectivity index (χ2n) is 8.20. The third-order valence-corrected chi connectivity index (χ3v) is 6.15. The van der Waals surface area contributed by atoms with Crippen molar-refractivity contribution >= 4 is 23.4 Å². The van der Waals surface area contributed by atoms with Gasteiger partial charge >= 0.3 is 12.1 Å². The van der Waals surface area contributed by atoms with Crippen LogP contribution < -0.4 is 10.5 Å². The maximum Gasteiger partial charge on any atom is 0.490 e. The SMILES string of the molecule is NC1=NC2(c3cc(-c4cccnc4F)ccc3Oc3c2cc(Cl)nc3F)c2cnccc21.O=C(O)C(F)(F)F. The predicted octanol–water partition coefficient (Wildman–Crippen LogP) is 5.22. The molecule has 1 aromatic carbocycles. The number of halogens is 6. The van der Waals surface area contributed by atoms with Crippen LogP contribution in [0.3, 0.4) is 0 Å². The Kier molecular flexibility index (Phi) is 6.18. The molecule has 0 saturated carbocycles.